The van der Waals surface area contributed by atoms with Crippen molar-refractivity contribution < 1.29 is 9.59 Å². The van der Waals surface area contributed by atoms with Gasteiger partial charge in [0.15, 0.2) is 0 Å². The minimum absolute atomic E-state index is 0.132. The number of benzene rings is 2. The number of hydrogen-bond donors (Lipinski definition) is 2. The van der Waals surface area contributed by atoms with Gasteiger partial charge in [0, 0.05) is 23.4 Å². The first-order chi connectivity index (χ1) is 11.1. The van der Waals surface area contributed by atoms with E-state index < -0.39 is 0 Å². The molecule has 118 valence electrons. The van der Waals surface area contributed by atoms with Crippen molar-refractivity contribution in [1.82, 2.24) is 0 Å². The maximum Gasteiger partial charge on any atom is 0.231 e. The first-order valence-electron chi connectivity index (χ1n) is 6.76. The minimum Gasteiger partial charge on any atom is -0.388 e. The molecule has 2 rings (SSSR count). The van der Waals surface area contributed by atoms with Crippen LogP contribution in [0.3, 0.4) is 0 Å². The van der Waals surface area contributed by atoms with Crippen LogP contribution < -0.4 is 10.6 Å². The Morgan fingerprint density at radius 3 is 2.43 bits per heavy atom. The van der Waals surface area contributed by atoms with E-state index >= 15 is 0 Å². The van der Waals surface area contributed by atoms with E-state index in [0.717, 1.165) is 5.69 Å². The van der Waals surface area contributed by atoms with Crippen LogP contribution in [-0.2, 0) is 9.59 Å². The van der Waals surface area contributed by atoms with Crippen LogP contribution in [0.15, 0.2) is 48.5 Å². The molecule has 0 bridgehead atoms. The highest BCUT2D eigenvalue weighted by atomic mass is 35.5. The van der Waals surface area contributed by atoms with E-state index in [1.165, 1.54) is 0 Å². The number of nitrogens with zero attached hydrogens (tertiary/aromatic N) is 1. The Bertz CT molecular complexity index is 694. The maximum atomic E-state index is 10.9. The van der Waals surface area contributed by atoms with Gasteiger partial charge in [0.25, 0.3) is 0 Å². The van der Waals surface area contributed by atoms with Crippen molar-refractivity contribution in [3.05, 3.63) is 59.1 Å². The Kier molecular flexibility index (Phi) is 7.90. The lowest BCUT2D eigenvalue weighted by Crippen LogP contribution is -2.11. The summed E-state index contributed by atoms with van der Waals surface area (Å²) in [6, 6.07) is 16.1. The molecule has 5 nitrogen and oxygen atoms in total. The molecule has 0 heterocycles. The second-order valence-electron chi connectivity index (χ2n) is 4.37. The molecule has 1 amide bonds. The molecular formula is C17H16ClN3O2. The summed E-state index contributed by atoms with van der Waals surface area (Å²) in [5.74, 6) is -0.336. The van der Waals surface area contributed by atoms with Crippen molar-refractivity contribution in [3.63, 3.8) is 0 Å². The highest BCUT2D eigenvalue weighted by molar-refractivity contribution is 6.30. The van der Waals surface area contributed by atoms with E-state index in [1.54, 1.807) is 36.4 Å². The van der Waals surface area contributed by atoms with E-state index in [0.29, 0.717) is 22.6 Å². The zero-order valence-electron chi connectivity index (χ0n) is 12.5. The van der Waals surface area contributed by atoms with Crippen molar-refractivity contribution in [2.45, 2.75) is 6.42 Å². The lowest BCUT2D eigenvalue weighted by atomic mass is 10.2. The second-order valence-corrected chi connectivity index (χ2v) is 4.80. The molecule has 0 atom stereocenters. The van der Waals surface area contributed by atoms with Crippen LogP contribution in [0.1, 0.15) is 12.0 Å². The van der Waals surface area contributed by atoms with Gasteiger partial charge in [-0.15, -0.1) is 0 Å². The molecule has 23 heavy (non-hydrogen) atoms. The predicted octanol–water partition coefficient (Wildman–Crippen LogP) is 3.47. The molecule has 6 heteroatoms. The summed E-state index contributed by atoms with van der Waals surface area (Å²) in [4.78, 5) is 20.9. The summed E-state index contributed by atoms with van der Waals surface area (Å²) in [5, 5.41) is 14.5. The van der Waals surface area contributed by atoms with Gasteiger partial charge in [-0.3, -0.25) is 4.79 Å². The third kappa shape index (κ3) is 7.11. The van der Waals surface area contributed by atoms with Gasteiger partial charge in [0.1, 0.15) is 6.29 Å². The van der Waals surface area contributed by atoms with Gasteiger partial charge < -0.3 is 15.4 Å². The van der Waals surface area contributed by atoms with Gasteiger partial charge in [-0.25, -0.2) is 0 Å². The van der Waals surface area contributed by atoms with E-state index in [4.69, 9.17) is 16.9 Å². The van der Waals surface area contributed by atoms with Crippen LogP contribution in [0.2, 0.25) is 5.02 Å². The summed E-state index contributed by atoms with van der Waals surface area (Å²) in [5.41, 5.74) is 2.32. The van der Waals surface area contributed by atoms with Crippen molar-refractivity contribution in [1.29, 1.82) is 5.26 Å². The molecule has 0 saturated heterocycles. The summed E-state index contributed by atoms with van der Waals surface area (Å²) in [7, 11) is 1.85. The highest BCUT2D eigenvalue weighted by Crippen LogP contribution is 2.14. The average Bonchev–Trinajstić information content (AvgIpc) is 2.56. The van der Waals surface area contributed by atoms with Crippen molar-refractivity contribution >= 4 is 35.2 Å². The molecule has 0 aliphatic heterocycles. The first-order valence-corrected chi connectivity index (χ1v) is 7.13. The Morgan fingerprint density at radius 1 is 1.22 bits per heavy atom. The topological polar surface area (TPSA) is 82.0 Å². The fraction of sp³-hybridized carbons (Fsp3) is 0.118. The van der Waals surface area contributed by atoms with Crippen LogP contribution in [-0.4, -0.2) is 19.2 Å². The lowest BCUT2D eigenvalue weighted by Gasteiger charge is -2.02. The third-order valence-corrected chi connectivity index (χ3v) is 2.91. The molecular weight excluding hydrogens is 314 g/mol. The molecule has 2 N–H and O–H groups in total. The van der Waals surface area contributed by atoms with Gasteiger partial charge in [-0.1, -0.05) is 17.7 Å². The fourth-order valence-corrected chi connectivity index (χ4v) is 1.76. The molecule has 0 spiro atoms. The smallest absolute Gasteiger partial charge is 0.231 e. The molecule has 0 saturated carbocycles. The van der Waals surface area contributed by atoms with Gasteiger partial charge in [0.2, 0.25) is 5.91 Å². The van der Waals surface area contributed by atoms with Crippen molar-refractivity contribution in [2.24, 2.45) is 0 Å². The number of anilines is 2. The zero-order valence-corrected chi connectivity index (χ0v) is 13.3. The van der Waals surface area contributed by atoms with Gasteiger partial charge in [0.05, 0.1) is 18.1 Å². The molecule has 0 radical (unpaired) electrons. The monoisotopic (exact) mass is 329 g/mol. The number of hydrogen-bond acceptors (Lipinski definition) is 4. The van der Waals surface area contributed by atoms with Crippen LogP contribution in [0.25, 0.3) is 0 Å². The van der Waals surface area contributed by atoms with Crippen LogP contribution in [0.5, 0.6) is 0 Å². The standard InChI is InChI=1S/C9H8ClNO2.C8H8N2/c10-7-2-1-3-8(6-7)11-9(13)4-5-12;1-10-8-4-2-7(6-9)3-5-8/h1-3,5-6H,4H2,(H,11,13);2-5,10H,1H3. The number of aldehydes is 1. The molecule has 0 aliphatic carbocycles. The third-order valence-electron chi connectivity index (χ3n) is 2.68. The fourth-order valence-electron chi connectivity index (χ4n) is 1.57. The van der Waals surface area contributed by atoms with Crippen LogP contribution >= 0.6 is 11.6 Å². The van der Waals surface area contributed by atoms with Crippen LogP contribution in [0.4, 0.5) is 11.4 Å². The number of carbonyl (C=O) groups excluding carboxylic acids is 2. The van der Waals surface area contributed by atoms with E-state index in [1.807, 2.05) is 19.2 Å². The normalized spacial score (nSPS) is 8.91. The molecule has 0 aromatic heterocycles. The number of amides is 1. The maximum absolute atomic E-state index is 10.9. The molecule has 2 aromatic rings. The van der Waals surface area contributed by atoms with Gasteiger partial charge >= 0.3 is 0 Å². The summed E-state index contributed by atoms with van der Waals surface area (Å²) in [6.07, 6.45) is 0.423. The summed E-state index contributed by atoms with van der Waals surface area (Å²) < 4.78 is 0. The average molecular weight is 330 g/mol. The Balaban J connectivity index is 0.000000238. The van der Waals surface area contributed by atoms with E-state index in [-0.39, 0.29) is 12.3 Å². The number of carbonyl (C=O) groups is 2. The molecule has 0 aliphatic rings. The first kappa shape index (κ1) is 18.2. The number of nitrogens with one attached hydrogen (secondary N) is 2. The highest BCUT2D eigenvalue weighted by Gasteiger charge is 2.00. The zero-order chi connectivity index (χ0) is 17.1. The SMILES string of the molecule is CNc1ccc(C#N)cc1.O=CCC(=O)Nc1cccc(Cl)c1. The van der Waals surface area contributed by atoms with E-state index in [2.05, 4.69) is 16.7 Å². The van der Waals surface area contributed by atoms with E-state index in [9.17, 15) is 9.59 Å². The molecule has 0 fully saturated rings. The summed E-state index contributed by atoms with van der Waals surface area (Å²) in [6.45, 7) is 0. The Hall–Kier alpha value is -2.84. The predicted molar refractivity (Wildman–Crippen MR) is 91.5 cm³/mol. The number of rotatable bonds is 4. The molecule has 2 aromatic carbocycles. The van der Waals surface area contributed by atoms with Crippen molar-refractivity contribution in [2.75, 3.05) is 17.7 Å². The van der Waals surface area contributed by atoms with Crippen LogP contribution in [0, 0.1) is 11.3 Å². The minimum atomic E-state index is -0.336. The van der Waals surface area contributed by atoms with Crippen molar-refractivity contribution in [3.8, 4) is 6.07 Å². The Morgan fingerprint density at radius 2 is 1.91 bits per heavy atom. The number of halogens is 1. The van der Waals surface area contributed by atoms with Gasteiger partial charge in [-0.2, -0.15) is 5.26 Å². The lowest BCUT2D eigenvalue weighted by molar-refractivity contribution is -0.119. The summed E-state index contributed by atoms with van der Waals surface area (Å²) >= 11 is 5.68. The largest absolute Gasteiger partial charge is 0.388 e. The quantitative estimate of drug-likeness (QED) is 0.664. The Labute approximate surface area is 139 Å². The van der Waals surface area contributed by atoms with Gasteiger partial charge in [-0.05, 0) is 42.5 Å². The molecule has 0 unspecified atom stereocenters. The second kappa shape index (κ2) is 9.98. The number of nitriles is 1.